The van der Waals surface area contributed by atoms with Gasteiger partial charge in [-0.05, 0) is 47.4 Å². The highest BCUT2D eigenvalue weighted by Gasteiger charge is 2.26. The number of fused-ring (bicyclic) bond motifs is 1. The largest absolute Gasteiger partial charge is 0.480 e. The first-order chi connectivity index (χ1) is 11.0. The minimum absolute atomic E-state index is 0.0444. The summed E-state index contributed by atoms with van der Waals surface area (Å²) in [6.07, 6.45) is 0.820. The minimum atomic E-state index is -1.06. The molecule has 23 heavy (non-hydrogen) atoms. The Hall–Kier alpha value is -2.40. The number of carbonyl (C=O) groups is 2. The third-order valence-electron chi connectivity index (χ3n) is 3.83. The Morgan fingerprint density at radius 2 is 1.87 bits per heavy atom. The van der Waals surface area contributed by atoms with E-state index in [0.717, 1.165) is 16.7 Å². The van der Waals surface area contributed by atoms with Gasteiger partial charge in [0.15, 0.2) is 0 Å². The summed E-state index contributed by atoms with van der Waals surface area (Å²) in [5, 5.41) is 9.00. The molecule has 1 heterocycles. The van der Waals surface area contributed by atoms with Crippen LogP contribution in [0.25, 0.3) is 11.1 Å². The second kappa shape index (κ2) is 6.01. The van der Waals surface area contributed by atoms with Gasteiger partial charge in [-0.2, -0.15) is 0 Å². The molecule has 0 radical (unpaired) electrons. The van der Waals surface area contributed by atoms with Crippen LogP contribution in [-0.2, 0) is 16.0 Å². The lowest BCUT2D eigenvalue weighted by atomic mass is 9.96. The molecule has 3 rings (SSSR count). The second-order valence-corrected chi connectivity index (χ2v) is 5.75. The minimum Gasteiger partial charge on any atom is -0.480 e. The Morgan fingerprint density at radius 1 is 1.17 bits per heavy atom. The zero-order valence-electron chi connectivity index (χ0n) is 12.1. The van der Waals surface area contributed by atoms with Crippen molar-refractivity contribution in [2.75, 3.05) is 11.4 Å². The first kappa shape index (κ1) is 15.5. The van der Waals surface area contributed by atoms with Crippen molar-refractivity contribution in [1.82, 2.24) is 0 Å². The topological polar surface area (TPSA) is 57.6 Å². The van der Waals surface area contributed by atoms with E-state index in [1.165, 1.54) is 11.0 Å². The van der Waals surface area contributed by atoms with Gasteiger partial charge in [0.05, 0.1) is 5.02 Å². The lowest BCUT2D eigenvalue weighted by Gasteiger charge is -2.28. The summed E-state index contributed by atoms with van der Waals surface area (Å²) >= 11 is 5.81. The molecular weight excluding hydrogens is 321 g/mol. The first-order valence-electron chi connectivity index (χ1n) is 7.06. The van der Waals surface area contributed by atoms with Crippen LogP contribution < -0.4 is 4.90 Å². The molecule has 0 aliphatic carbocycles. The fourth-order valence-corrected chi connectivity index (χ4v) is 2.90. The number of carbonyl (C=O) groups excluding carboxylic acids is 1. The van der Waals surface area contributed by atoms with Crippen LogP contribution in [0.4, 0.5) is 10.1 Å². The number of benzene rings is 2. The first-order valence-corrected chi connectivity index (χ1v) is 7.44. The van der Waals surface area contributed by atoms with Gasteiger partial charge in [0.25, 0.3) is 0 Å². The molecule has 1 amide bonds. The molecule has 1 N–H and O–H groups in total. The summed E-state index contributed by atoms with van der Waals surface area (Å²) in [7, 11) is 0. The van der Waals surface area contributed by atoms with Crippen LogP contribution in [0.1, 0.15) is 12.0 Å². The molecule has 1 aliphatic rings. The van der Waals surface area contributed by atoms with Gasteiger partial charge in [0.1, 0.15) is 12.4 Å². The number of aryl methyl sites for hydroxylation is 1. The van der Waals surface area contributed by atoms with Crippen LogP contribution in [0.3, 0.4) is 0 Å². The molecule has 1 aliphatic heterocycles. The molecule has 6 heteroatoms. The lowest BCUT2D eigenvalue weighted by Crippen LogP contribution is -2.38. The van der Waals surface area contributed by atoms with E-state index in [2.05, 4.69) is 0 Å². The van der Waals surface area contributed by atoms with Crippen molar-refractivity contribution in [3.63, 3.8) is 0 Å². The fraction of sp³-hybridized carbons (Fsp3) is 0.176. The van der Waals surface area contributed by atoms with E-state index in [4.69, 9.17) is 16.7 Å². The highest BCUT2D eigenvalue weighted by Crippen LogP contribution is 2.33. The molecule has 2 aromatic carbocycles. The van der Waals surface area contributed by atoms with Crippen molar-refractivity contribution in [3.8, 4) is 11.1 Å². The van der Waals surface area contributed by atoms with Gasteiger partial charge in [-0.15, -0.1) is 0 Å². The molecule has 0 saturated heterocycles. The van der Waals surface area contributed by atoms with Gasteiger partial charge >= 0.3 is 5.97 Å². The Bertz CT molecular complexity index is 806. The van der Waals surface area contributed by atoms with Crippen LogP contribution in [0.15, 0.2) is 36.4 Å². The normalized spacial score (nSPS) is 13.8. The summed E-state index contributed by atoms with van der Waals surface area (Å²) in [6, 6.07) is 9.86. The molecule has 0 spiro atoms. The van der Waals surface area contributed by atoms with E-state index in [0.29, 0.717) is 12.1 Å². The highest BCUT2D eigenvalue weighted by molar-refractivity contribution is 6.31. The molecule has 2 aromatic rings. The van der Waals surface area contributed by atoms with Gasteiger partial charge in [0.2, 0.25) is 5.91 Å². The van der Waals surface area contributed by atoms with E-state index < -0.39 is 11.8 Å². The van der Waals surface area contributed by atoms with Crippen LogP contribution in [-0.4, -0.2) is 23.5 Å². The van der Waals surface area contributed by atoms with E-state index in [9.17, 15) is 14.0 Å². The summed E-state index contributed by atoms with van der Waals surface area (Å²) in [5.74, 6) is -1.73. The fourth-order valence-electron chi connectivity index (χ4n) is 2.72. The average Bonchev–Trinajstić information content (AvgIpc) is 2.52. The predicted molar refractivity (Wildman–Crippen MR) is 85.2 cm³/mol. The van der Waals surface area contributed by atoms with Crippen molar-refractivity contribution < 1.29 is 19.1 Å². The van der Waals surface area contributed by atoms with Crippen LogP contribution in [0, 0.1) is 5.82 Å². The quantitative estimate of drug-likeness (QED) is 0.935. The number of hydrogen-bond donors (Lipinski definition) is 1. The highest BCUT2D eigenvalue weighted by atomic mass is 35.5. The van der Waals surface area contributed by atoms with Crippen LogP contribution in [0.5, 0.6) is 0 Å². The van der Waals surface area contributed by atoms with Crippen molar-refractivity contribution in [2.24, 2.45) is 0 Å². The van der Waals surface area contributed by atoms with Gasteiger partial charge in [-0.3, -0.25) is 9.59 Å². The van der Waals surface area contributed by atoms with Gasteiger partial charge in [0, 0.05) is 12.1 Å². The molecule has 0 atom stereocenters. The Balaban J connectivity index is 2.00. The Kier molecular flexibility index (Phi) is 4.05. The molecule has 0 unspecified atom stereocenters. The smallest absolute Gasteiger partial charge is 0.323 e. The molecule has 0 fully saturated rings. The van der Waals surface area contributed by atoms with Crippen LogP contribution in [0.2, 0.25) is 5.02 Å². The predicted octanol–water partition coefficient (Wildman–Crippen LogP) is 3.51. The van der Waals surface area contributed by atoms with Gasteiger partial charge < -0.3 is 10.0 Å². The molecule has 0 bridgehead atoms. The number of hydrogen-bond acceptors (Lipinski definition) is 2. The number of rotatable bonds is 3. The molecule has 0 saturated carbocycles. The lowest BCUT2D eigenvalue weighted by molar-refractivity contribution is -0.136. The van der Waals surface area contributed by atoms with Gasteiger partial charge in [-0.1, -0.05) is 23.7 Å². The second-order valence-electron chi connectivity index (χ2n) is 5.35. The number of halogens is 2. The standard InChI is InChI=1S/C17H13ClFNO3/c18-13-8-11(1-4-14(13)19)10-2-5-15-12(7-10)3-6-16(21)20(15)9-17(22)23/h1-2,4-5,7-8H,3,6,9H2,(H,22,23). The summed E-state index contributed by atoms with van der Waals surface area (Å²) < 4.78 is 13.3. The molecule has 0 aromatic heterocycles. The van der Waals surface area contributed by atoms with E-state index in [1.54, 1.807) is 24.3 Å². The third kappa shape index (κ3) is 3.05. The van der Waals surface area contributed by atoms with E-state index in [1.807, 2.05) is 6.07 Å². The summed E-state index contributed by atoms with van der Waals surface area (Å²) in [5.41, 5.74) is 3.11. The molecule has 118 valence electrons. The Labute approximate surface area is 137 Å². The van der Waals surface area contributed by atoms with Crippen molar-refractivity contribution in [2.45, 2.75) is 12.8 Å². The number of carboxylic acid groups (broad SMARTS) is 1. The maximum Gasteiger partial charge on any atom is 0.323 e. The zero-order chi connectivity index (χ0) is 16.6. The Morgan fingerprint density at radius 3 is 2.57 bits per heavy atom. The number of aliphatic carboxylic acids is 1. The number of anilines is 1. The summed E-state index contributed by atoms with van der Waals surface area (Å²) in [4.78, 5) is 24.1. The maximum absolute atomic E-state index is 13.3. The maximum atomic E-state index is 13.3. The summed E-state index contributed by atoms with van der Waals surface area (Å²) in [6.45, 7) is -0.354. The monoisotopic (exact) mass is 333 g/mol. The molecule has 4 nitrogen and oxygen atoms in total. The third-order valence-corrected chi connectivity index (χ3v) is 4.12. The van der Waals surface area contributed by atoms with E-state index >= 15 is 0 Å². The van der Waals surface area contributed by atoms with Gasteiger partial charge in [-0.25, -0.2) is 4.39 Å². The number of amides is 1. The molecular formula is C17H13ClFNO3. The number of carboxylic acids is 1. The van der Waals surface area contributed by atoms with Crippen LogP contribution >= 0.6 is 11.6 Å². The van der Waals surface area contributed by atoms with Crippen molar-refractivity contribution in [3.05, 3.63) is 52.8 Å². The van der Waals surface area contributed by atoms with E-state index in [-0.39, 0.29) is 23.9 Å². The number of nitrogens with zero attached hydrogens (tertiary/aromatic N) is 1. The van der Waals surface area contributed by atoms with Crippen molar-refractivity contribution in [1.29, 1.82) is 0 Å². The zero-order valence-corrected chi connectivity index (χ0v) is 12.8. The average molecular weight is 334 g/mol. The van der Waals surface area contributed by atoms with Crippen molar-refractivity contribution >= 4 is 29.2 Å². The SMILES string of the molecule is O=C(O)CN1C(=O)CCc2cc(-c3ccc(F)c(Cl)c3)ccc21.